The van der Waals surface area contributed by atoms with Crippen molar-refractivity contribution in [1.29, 1.82) is 0 Å². The Morgan fingerprint density at radius 3 is 2.00 bits per heavy atom. The molecule has 5 heteroatoms. The summed E-state index contributed by atoms with van der Waals surface area (Å²) in [6.45, 7) is 0. The van der Waals surface area contributed by atoms with Crippen LogP contribution in [0.25, 0.3) is 0 Å². The minimum atomic E-state index is -4.39. The molecule has 0 atom stereocenters. The minimum absolute atomic E-state index is 0.0503. The summed E-state index contributed by atoms with van der Waals surface area (Å²) in [5.74, 6) is 2.17. The van der Waals surface area contributed by atoms with Crippen molar-refractivity contribution in [2.75, 3.05) is 0 Å². The molecule has 4 aliphatic rings. The van der Waals surface area contributed by atoms with Crippen molar-refractivity contribution in [3.63, 3.8) is 0 Å². The Hall–Kier alpha value is -1.00. The molecule has 19 heavy (non-hydrogen) atoms. The van der Waals surface area contributed by atoms with Gasteiger partial charge >= 0.3 is 6.30 Å². The van der Waals surface area contributed by atoms with Crippen molar-refractivity contribution in [3.05, 3.63) is 18.0 Å². The molecule has 1 aromatic heterocycles. The molecule has 4 bridgehead atoms. The molecule has 0 aromatic carbocycles. The smallest absolute Gasteiger partial charge is 0.179 e. The Balaban J connectivity index is 1.70. The predicted octanol–water partition coefficient (Wildman–Crippen LogP) is 3.83. The van der Waals surface area contributed by atoms with E-state index in [9.17, 15) is 13.2 Å². The maximum Gasteiger partial charge on any atom is 0.504 e. The van der Waals surface area contributed by atoms with Crippen molar-refractivity contribution in [2.24, 2.45) is 17.8 Å². The molecule has 0 saturated heterocycles. The van der Waals surface area contributed by atoms with Crippen LogP contribution in [0.1, 0.15) is 44.2 Å². The molecule has 4 saturated carbocycles. The Kier molecular flexibility index (Phi) is 2.21. The van der Waals surface area contributed by atoms with Crippen LogP contribution in [0.3, 0.4) is 0 Å². The molecule has 0 amide bonds. The van der Waals surface area contributed by atoms with E-state index in [0.717, 1.165) is 43.2 Å². The average Bonchev–Trinajstić information content (AvgIpc) is 2.75. The molecule has 0 radical (unpaired) electrons. The third kappa shape index (κ3) is 1.73. The first-order valence-electron chi connectivity index (χ1n) is 7.08. The van der Waals surface area contributed by atoms with Crippen LogP contribution in [-0.2, 0) is 11.7 Å². The van der Waals surface area contributed by atoms with Gasteiger partial charge in [-0.3, -0.25) is 0 Å². The van der Waals surface area contributed by atoms with E-state index in [0.29, 0.717) is 5.69 Å². The molecule has 0 aliphatic heterocycles. The summed E-state index contributed by atoms with van der Waals surface area (Å²) in [6, 6.07) is 1.60. The highest BCUT2D eigenvalue weighted by Gasteiger charge is 2.53. The fraction of sp³-hybridized carbons (Fsp3) is 0.786. The lowest BCUT2D eigenvalue weighted by molar-refractivity contribution is -0.212. The number of aromatic nitrogens is 2. The minimum Gasteiger partial charge on any atom is -0.179 e. The number of hydrogen-bond acceptors (Lipinski definition) is 1. The largest absolute Gasteiger partial charge is 0.504 e. The highest BCUT2D eigenvalue weighted by Crippen LogP contribution is 2.60. The van der Waals surface area contributed by atoms with Crippen LogP contribution in [0.2, 0.25) is 0 Å². The highest BCUT2D eigenvalue weighted by molar-refractivity contribution is 5.21. The Morgan fingerprint density at radius 1 is 1.05 bits per heavy atom. The molecule has 0 unspecified atom stereocenters. The van der Waals surface area contributed by atoms with Gasteiger partial charge in [-0.05, 0) is 62.3 Å². The summed E-state index contributed by atoms with van der Waals surface area (Å²) in [5.41, 5.74) is 0.634. The standard InChI is InChI=1S/C14H17F3N2/c15-14(16,17)19-2-1-12(18-19)13-6-9-3-10(7-13)5-11(4-9)8-13/h1-2,9-11H,3-8H2. The van der Waals surface area contributed by atoms with E-state index in [1.165, 1.54) is 19.3 Å². The molecule has 4 fully saturated rings. The van der Waals surface area contributed by atoms with E-state index in [4.69, 9.17) is 0 Å². The van der Waals surface area contributed by atoms with E-state index in [2.05, 4.69) is 5.10 Å². The maximum absolute atomic E-state index is 12.7. The highest BCUT2D eigenvalue weighted by atomic mass is 19.4. The van der Waals surface area contributed by atoms with Crippen molar-refractivity contribution >= 4 is 0 Å². The SMILES string of the molecule is FC(F)(F)n1ccc(C23CC4CC(CC(C4)C2)C3)n1. The number of alkyl halides is 3. The summed E-state index contributed by atoms with van der Waals surface area (Å²) in [4.78, 5) is 0. The molecule has 5 rings (SSSR count). The van der Waals surface area contributed by atoms with Crippen LogP contribution >= 0.6 is 0 Å². The molecule has 0 N–H and O–H groups in total. The first-order chi connectivity index (χ1) is 8.95. The quantitative estimate of drug-likeness (QED) is 0.758. The Morgan fingerprint density at radius 2 is 1.58 bits per heavy atom. The van der Waals surface area contributed by atoms with E-state index in [1.807, 2.05) is 0 Å². The predicted molar refractivity (Wildman–Crippen MR) is 63.4 cm³/mol. The second kappa shape index (κ2) is 3.55. The van der Waals surface area contributed by atoms with Crippen molar-refractivity contribution in [3.8, 4) is 0 Å². The van der Waals surface area contributed by atoms with Crippen LogP contribution < -0.4 is 0 Å². The first kappa shape index (κ1) is 11.8. The van der Waals surface area contributed by atoms with E-state index < -0.39 is 6.30 Å². The van der Waals surface area contributed by atoms with Gasteiger partial charge in [0.25, 0.3) is 0 Å². The maximum atomic E-state index is 12.7. The monoisotopic (exact) mass is 270 g/mol. The van der Waals surface area contributed by atoms with Gasteiger partial charge in [-0.25, -0.2) is 0 Å². The van der Waals surface area contributed by atoms with E-state index >= 15 is 0 Å². The summed E-state index contributed by atoms with van der Waals surface area (Å²) in [5, 5.41) is 3.86. The third-order valence-corrected chi connectivity index (χ3v) is 5.43. The van der Waals surface area contributed by atoms with Gasteiger partial charge in [0.1, 0.15) is 0 Å². The van der Waals surface area contributed by atoms with Crippen molar-refractivity contribution in [1.82, 2.24) is 9.78 Å². The van der Waals surface area contributed by atoms with Gasteiger partial charge in [0.05, 0.1) is 5.69 Å². The van der Waals surface area contributed by atoms with Gasteiger partial charge < -0.3 is 0 Å². The molecule has 1 aromatic rings. The zero-order valence-corrected chi connectivity index (χ0v) is 10.7. The van der Waals surface area contributed by atoms with Crippen LogP contribution in [0.4, 0.5) is 13.2 Å². The molecular formula is C14H17F3N2. The molecule has 4 aliphatic carbocycles. The number of halogens is 3. The number of rotatable bonds is 1. The van der Waals surface area contributed by atoms with E-state index in [-0.39, 0.29) is 10.1 Å². The lowest BCUT2D eigenvalue weighted by Crippen LogP contribution is -2.48. The third-order valence-electron chi connectivity index (χ3n) is 5.43. The fourth-order valence-electron chi connectivity index (χ4n) is 5.17. The molecule has 0 spiro atoms. The second-order valence-electron chi connectivity index (χ2n) is 6.81. The average molecular weight is 270 g/mol. The van der Waals surface area contributed by atoms with Crippen molar-refractivity contribution < 1.29 is 13.2 Å². The zero-order valence-electron chi connectivity index (χ0n) is 10.7. The molecular weight excluding hydrogens is 253 g/mol. The lowest BCUT2D eigenvalue weighted by atomic mass is 9.49. The van der Waals surface area contributed by atoms with E-state index in [1.54, 1.807) is 6.07 Å². The molecule has 2 nitrogen and oxygen atoms in total. The summed E-state index contributed by atoms with van der Waals surface area (Å²) in [6.07, 6.45) is 3.71. The van der Waals surface area contributed by atoms with Crippen LogP contribution in [0, 0.1) is 17.8 Å². The van der Waals surface area contributed by atoms with Gasteiger partial charge in [0.15, 0.2) is 0 Å². The normalized spacial score (nSPS) is 40.9. The Labute approximate surface area is 110 Å². The first-order valence-corrected chi connectivity index (χ1v) is 7.08. The van der Waals surface area contributed by atoms with Crippen LogP contribution in [0.15, 0.2) is 12.3 Å². The number of nitrogens with zero attached hydrogens (tertiary/aromatic N) is 2. The van der Waals surface area contributed by atoms with Gasteiger partial charge in [-0.1, -0.05) is 0 Å². The van der Waals surface area contributed by atoms with Crippen LogP contribution in [0.5, 0.6) is 0 Å². The van der Waals surface area contributed by atoms with Crippen LogP contribution in [-0.4, -0.2) is 9.78 Å². The van der Waals surface area contributed by atoms with Gasteiger partial charge in [-0.2, -0.15) is 9.78 Å². The van der Waals surface area contributed by atoms with Gasteiger partial charge in [0, 0.05) is 11.6 Å². The summed E-state index contributed by atoms with van der Waals surface area (Å²) >= 11 is 0. The van der Waals surface area contributed by atoms with Gasteiger partial charge in [-0.15, -0.1) is 13.2 Å². The second-order valence-corrected chi connectivity index (χ2v) is 6.81. The summed E-state index contributed by atoms with van der Waals surface area (Å²) < 4.78 is 38.2. The van der Waals surface area contributed by atoms with Gasteiger partial charge in [0.2, 0.25) is 0 Å². The van der Waals surface area contributed by atoms with Crippen molar-refractivity contribution in [2.45, 2.75) is 50.2 Å². The summed E-state index contributed by atoms with van der Waals surface area (Å²) in [7, 11) is 0. The number of hydrogen-bond donors (Lipinski definition) is 0. The molecule has 1 heterocycles. The molecule has 104 valence electrons. The Bertz CT molecular complexity index is 468. The topological polar surface area (TPSA) is 17.8 Å². The zero-order chi connectivity index (χ0) is 13.3. The lowest BCUT2D eigenvalue weighted by Gasteiger charge is -2.56. The fourth-order valence-corrected chi connectivity index (χ4v) is 5.17.